The summed E-state index contributed by atoms with van der Waals surface area (Å²) in [5.74, 6) is -1.67. The smallest absolute Gasteiger partial charge is 0.335 e. The van der Waals surface area contributed by atoms with Crippen LogP contribution in [-0.2, 0) is 11.2 Å². The monoisotopic (exact) mass is 339 g/mol. The number of nitrogens with zero attached hydrogens (tertiary/aromatic N) is 2. The molecule has 7 heteroatoms. The van der Waals surface area contributed by atoms with E-state index in [-0.39, 0.29) is 23.7 Å². The number of carbonyl (C=O) groups is 2. The zero-order valence-electron chi connectivity index (χ0n) is 13.0. The molecule has 0 unspecified atom stereocenters. The minimum Gasteiger partial charge on any atom is -0.478 e. The Labute approximate surface area is 142 Å². The van der Waals surface area contributed by atoms with Crippen molar-refractivity contribution in [2.24, 2.45) is 0 Å². The van der Waals surface area contributed by atoms with Crippen LogP contribution in [0.5, 0.6) is 0 Å². The fraction of sp³-hybridized carbons (Fsp3) is 0.0556. The third kappa shape index (κ3) is 4.08. The number of hydrogen-bond donors (Lipinski definition) is 2. The molecule has 0 aliphatic rings. The van der Waals surface area contributed by atoms with Gasteiger partial charge in [-0.1, -0.05) is 12.1 Å². The SMILES string of the molecule is O=C(Cc1cccc(F)c1)Nc1cnn(-c2ccc(C(=O)O)cc2)c1. The van der Waals surface area contributed by atoms with Crippen molar-refractivity contribution in [3.63, 3.8) is 0 Å². The number of aromatic nitrogens is 2. The van der Waals surface area contributed by atoms with E-state index in [2.05, 4.69) is 10.4 Å². The second-order valence-electron chi connectivity index (χ2n) is 5.38. The fourth-order valence-corrected chi connectivity index (χ4v) is 2.32. The highest BCUT2D eigenvalue weighted by Gasteiger charge is 2.08. The highest BCUT2D eigenvalue weighted by atomic mass is 19.1. The predicted molar refractivity (Wildman–Crippen MR) is 89.3 cm³/mol. The molecule has 25 heavy (non-hydrogen) atoms. The van der Waals surface area contributed by atoms with Gasteiger partial charge in [0.15, 0.2) is 0 Å². The van der Waals surface area contributed by atoms with Crippen molar-refractivity contribution in [3.05, 3.63) is 77.9 Å². The lowest BCUT2D eigenvalue weighted by molar-refractivity contribution is -0.115. The number of anilines is 1. The molecular formula is C18H14FN3O3. The van der Waals surface area contributed by atoms with Crippen LogP contribution in [0.15, 0.2) is 60.9 Å². The van der Waals surface area contributed by atoms with Crippen LogP contribution < -0.4 is 5.32 Å². The number of amides is 1. The van der Waals surface area contributed by atoms with Gasteiger partial charge in [0.2, 0.25) is 5.91 Å². The lowest BCUT2D eigenvalue weighted by atomic mass is 10.1. The zero-order valence-corrected chi connectivity index (χ0v) is 13.0. The van der Waals surface area contributed by atoms with Crippen molar-refractivity contribution in [3.8, 4) is 5.69 Å². The maximum absolute atomic E-state index is 13.1. The average Bonchev–Trinajstić information content (AvgIpc) is 3.03. The lowest BCUT2D eigenvalue weighted by Crippen LogP contribution is -2.14. The molecule has 3 aromatic rings. The molecule has 2 N–H and O–H groups in total. The summed E-state index contributed by atoms with van der Waals surface area (Å²) in [5, 5.41) is 15.7. The second kappa shape index (κ2) is 6.96. The number of hydrogen-bond acceptors (Lipinski definition) is 3. The minimum atomic E-state index is -1.00. The van der Waals surface area contributed by atoms with E-state index in [4.69, 9.17) is 5.11 Å². The van der Waals surface area contributed by atoms with Gasteiger partial charge in [-0.2, -0.15) is 5.10 Å². The van der Waals surface area contributed by atoms with Crippen molar-refractivity contribution in [1.82, 2.24) is 9.78 Å². The normalized spacial score (nSPS) is 10.4. The van der Waals surface area contributed by atoms with Crippen molar-refractivity contribution in [1.29, 1.82) is 0 Å². The molecule has 0 fully saturated rings. The Balaban J connectivity index is 1.67. The van der Waals surface area contributed by atoms with Crippen molar-refractivity contribution in [2.75, 3.05) is 5.32 Å². The number of aromatic carboxylic acids is 1. The predicted octanol–water partition coefficient (Wildman–Crippen LogP) is 2.89. The first kappa shape index (κ1) is 16.4. The van der Waals surface area contributed by atoms with E-state index in [1.807, 2.05) is 0 Å². The molecular weight excluding hydrogens is 325 g/mol. The van der Waals surface area contributed by atoms with Gasteiger partial charge < -0.3 is 10.4 Å². The maximum Gasteiger partial charge on any atom is 0.335 e. The van der Waals surface area contributed by atoms with Gasteiger partial charge in [-0.3, -0.25) is 4.79 Å². The number of nitrogens with one attached hydrogen (secondary N) is 1. The van der Waals surface area contributed by atoms with Gasteiger partial charge in [-0.15, -0.1) is 0 Å². The summed E-state index contributed by atoms with van der Waals surface area (Å²) in [7, 11) is 0. The molecule has 1 amide bonds. The number of benzene rings is 2. The number of halogens is 1. The Morgan fingerprint density at radius 2 is 1.92 bits per heavy atom. The van der Waals surface area contributed by atoms with Crippen molar-refractivity contribution >= 4 is 17.6 Å². The van der Waals surface area contributed by atoms with E-state index in [0.29, 0.717) is 16.9 Å². The summed E-state index contributed by atoms with van der Waals surface area (Å²) in [4.78, 5) is 22.9. The molecule has 0 bridgehead atoms. The third-order valence-electron chi connectivity index (χ3n) is 3.50. The van der Waals surface area contributed by atoms with Crippen LogP contribution in [-0.4, -0.2) is 26.8 Å². The topological polar surface area (TPSA) is 84.2 Å². The molecule has 0 spiro atoms. The molecule has 1 heterocycles. The van der Waals surface area contributed by atoms with Gasteiger partial charge in [0.25, 0.3) is 0 Å². The molecule has 0 saturated heterocycles. The van der Waals surface area contributed by atoms with Crippen LogP contribution >= 0.6 is 0 Å². The van der Waals surface area contributed by atoms with Crippen LogP contribution in [0, 0.1) is 5.82 Å². The summed E-state index contributed by atoms with van der Waals surface area (Å²) in [6.45, 7) is 0. The standard InChI is InChI=1S/C18H14FN3O3/c19-14-3-1-2-12(8-14)9-17(23)21-15-10-20-22(11-15)16-6-4-13(5-7-16)18(24)25/h1-8,10-11H,9H2,(H,21,23)(H,24,25). The Kier molecular flexibility index (Phi) is 4.56. The van der Waals surface area contributed by atoms with Gasteiger partial charge in [0.1, 0.15) is 5.82 Å². The van der Waals surface area contributed by atoms with E-state index in [9.17, 15) is 14.0 Å². The molecule has 2 aromatic carbocycles. The molecule has 0 atom stereocenters. The van der Waals surface area contributed by atoms with Crippen LogP contribution in [0.3, 0.4) is 0 Å². The number of rotatable bonds is 5. The Bertz CT molecular complexity index is 919. The first-order chi connectivity index (χ1) is 12.0. The Morgan fingerprint density at radius 3 is 2.60 bits per heavy atom. The summed E-state index contributed by atoms with van der Waals surface area (Å²) in [5.41, 5.74) is 1.91. The lowest BCUT2D eigenvalue weighted by Gasteiger charge is -2.03. The first-order valence-electron chi connectivity index (χ1n) is 7.44. The van der Waals surface area contributed by atoms with E-state index in [1.54, 1.807) is 30.5 Å². The summed E-state index contributed by atoms with van der Waals surface area (Å²) in [6, 6.07) is 12.0. The van der Waals surface area contributed by atoms with Crippen LogP contribution in [0.25, 0.3) is 5.69 Å². The highest BCUT2D eigenvalue weighted by molar-refractivity contribution is 5.92. The summed E-state index contributed by atoms with van der Waals surface area (Å²) >= 11 is 0. The minimum absolute atomic E-state index is 0.0518. The van der Waals surface area contributed by atoms with E-state index in [0.717, 1.165) is 0 Å². The second-order valence-corrected chi connectivity index (χ2v) is 5.38. The molecule has 1 aromatic heterocycles. The van der Waals surface area contributed by atoms with Gasteiger partial charge in [-0.05, 0) is 42.0 Å². The van der Waals surface area contributed by atoms with Gasteiger partial charge in [0, 0.05) is 0 Å². The van der Waals surface area contributed by atoms with Crippen LogP contribution in [0.4, 0.5) is 10.1 Å². The quantitative estimate of drug-likeness (QED) is 0.748. The van der Waals surface area contributed by atoms with E-state index >= 15 is 0 Å². The Hall–Kier alpha value is -3.48. The fourth-order valence-electron chi connectivity index (χ4n) is 2.32. The zero-order chi connectivity index (χ0) is 17.8. The number of carboxylic acids is 1. The van der Waals surface area contributed by atoms with E-state index in [1.165, 1.54) is 35.1 Å². The molecule has 0 radical (unpaired) electrons. The number of carbonyl (C=O) groups excluding carboxylic acids is 1. The summed E-state index contributed by atoms with van der Waals surface area (Å²) < 4.78 is 14.6. The van der Waals surface area contributed by atoms with E-state index < -0.39 is 5.97 Å². The molecule has 0 aliphatic heterocycles. The number of carboxylic acid groups (broad SMARTS) is 1. The van der Waals surface area contributed by atoms with Crippen molar-refractivity contribution < 1.29 is 19.1 Å². The highest BCUT2D eigenvalue weighted by Crippen LogP contribution is 2.14. The van der Waals surface area contributed by atoms with Crippen LogP contribution in [0.2, 0.25) is 0 Å². The third-order valence-corrected chi connectivity index (χ3v) is 3.50. The molecule has 126 valence electrons. The summed E-state index contributed by atoms with van der Waals surface area (Å²) in [6.07, 6.45) is 3.14. The Morgan fingerprint density at radius 1 is 1.16 bits per heavy atom. The van der Waals surface area contributed by atoms with Crippen LogP contribution in [0.1, 0.15) is 15.9 Å². The molecule has 6 nitrogen and oxygen atoms in total. The van der Waals surface area contributed by atoms with Gasteiger partial charge in [-0.25, -0.2) is 13.9 Å². The molecule has 0 aliphatic carbocycles. The van der Waals surface area contributed by atoms with Gasteiger partial charge in [0.05, 0.1) is 35.8 Å². The maximum atomic E-state index is 13.1. The van der Waals surface area contributed by atoms with Gasteiger partial charge >= 0.3 is 5.97 Å². The largest absolute Gasteiger partial charge is 0.478 e. The van der Waals surface area contributed by atoms with Crippen molar-refractivity contribution in [2.45, 2.75) is 6.42 Å². The average molecular weight is 339 g/mol. The molecule has 3 rings (SSSR count). The first-order valence-corrected chi connectivity index (χ1v) is 7.44. The molecule has 0 saturated carbocycles.